The lowest BCUT2D eigenvalue weighted by molar-refractivity contribution is -0.116. The van der Waals surface area contributed by atoms with E-state index < -0.39 is 0 Å². The van der Waals surface area contributed by atoms with Gasteiger partial charge < -0.3 is 14.2 Å². The number of carbonyl (C=O) groups is 1. The minimum Gasteiger partial charge on any atom is -0.497 e. The Hall–Kier alpha value is -4.63. The average molecular weight is 554 g/mol. The standard InChI is InChI=1S/C32H32FN5O3/c1-22(39)17-29-30(21-36(2)16-14-25-11-6-7-15-34-25)38-31(40)27(23-10-8-12-26(18-23)41-3)20-37(32(38)35-29)19-24-9-4-5-13-28(24)33/h4-13,15,18,20H,14,16-17,19,21H2,1-3H3. The number of pyridine rings is 1. The van der Waals surface area contributed by atoms with Gasteiger partial charge in [-0.3, -0.25) is 14.6 Å². The van der Waals surface area contributed by atoms with Gasteiger partial charge in [-0.15, -0.1) is 0 Å². The number of benzene rings is 2. The van der Waals surface area contributed by atoms with Crippen molar-refractivity contribution >= 4 is 11.6 Å². The molecule has 5 rings (SSSR count). The number of halogens is 1. The van der Waals surface area contributed by atoms with E-state index in [0.717, 1.165) is 12.1 Å². The summed E-state index contributed by atoms with van der Waals surface area (Å²) in [6.07, 6.45) is 4.28. The molecule has 0 N–H and O–H groups in total. The van der Waals surface area contributed by atoms with Crippen LogP contribution in [0.2, 0.25) is 0 Å². The van der Waals surface area contributed by atoms with E-state index in [-0.39, 0.29) is 30.1 Å². The summed E-state index contributed by atoms with van der Waals surface area (Å²) in [6, 6.07) is 19.6. The zero-order valence-electron chi connectivity index (χ0n) is 23.4. The van der Waals surface area contributed by atoms with Crippen LogP contribution in [0.3, 0.4) is 0 Å². The second kappa shape index (κ2) is 12.3. The Labute approximate surface area is 237 Å². The van der Waals surface area contributed by atoms with Crippen molar-refractivity contribution < 1.29 is 13.9 Å². The first-order valence-corrected chi connectivity index (χ1v) is 13.4. The fraction of sp³-hybridized carbons (Fsp3) is 0.250. The second-order valence-corrected chi connectivity index (χ2v) is 10.1. The number of hydrogen-bond donors (Lipinski definition) is 0. The van der Waals surface area contributed by atoms with Crippen molar-refractivity contribution in [3.8, 4) is 16.9 Å². The molecule has 0 saturated carbocycles. The predicted molar refractivity (Wildman–Crippen MR) is 156 cm³/mol. The SMILES string of the molecule is COc1cccc(-c2cn(Cc3ccccc3F)c3nc(CC(C)=O)c(CN(C)CCc4ccccn4)n3c2=O)c1. The maximum Gasteiger partial charge on any atom is 0.267 e. The number of ketones is 1. The van der Waals surface area contributed by atoms with Crippen LogP contribution in [0.1, 0.15) is 29.6 Å². The van der Waals surface area contributed by atoms with Crippen molar-refractivity contribution in [3.05, 3.63) is 118 Å². The molecule has 0 bridgehead atoms. The molecule has 0 amide bonds. The Morgan fingerprint density at radius 3 is 2.61 bits per heavy atom. The topological polar surface area (TPSA) is 81.7 Å². The van der Waals surface area contributed by atoms with E-state index in [9.17, 15) is 14.0 Å². The summed E-state index contributed by atoms with van der Waals surface area (Å²) < 4.78 is 23.5. The number of carbonyl (C=O) groups excluding carboxylic acids is 1. The monoisotopic (exact) mass is 553 g/mol. The lowest BCUT2D eigenvalue weighted by Crippen LogP contribution is -2.27. The van der Waals surface area contributed by atoms with Crippen molar-refractivity contribution in [2.75, 3.05) is 20.7 Å². The summed E-state index contributed by atoms with van der Waals surface area (Å²) in [5, 5.41) is 0. The van der Waals surface area contributed by atoms with Gasteiger partial charge in [0.25, 0.3) is 5.56 Å². The van der Waals surface area contributed by atoms with Crippen LogP contribution in [0.4, 0.5) is 4.39 Å². The molecule has 210 valence electrons. The molecule has 9 heteroatoms. The normalized spacial score (nSPS) is 11.3. The first-order chi connectivity index (χ1) is 19.8. The van der Waals surface area contributed by atoms with Gasteiger partial charge in [0.2, 0.25) is 5.78 Å². The quantitative estimate of drug-likeness (QED) is 0.239. The molecule has 0 aliphatic rings. The summed E-state index contributed by atoms with van der Waals surface area (Å²) >= 11 is 0. The van der Waals surface area contributed by atoms with Gasteiger partial charge in [-0.1, -0.05) is 36.4 Å². The lowest BCUT2D eigenvalue weighted by atomic mass is 10.1. The van der Waals surface area contributed by atoms with Crippen molar-refractivity contribution in [2.45, 2.75) is 32.9 Å². The third-order valence-electron chi connectivity index (χ3n) is 7.00. The Bertz CT molecular complexity index is 1750. The van der Waals surface area contributed by atoms with E-state index >= 15 is 0 Å². The Morgan fingerprint density at radius 2 is 1.88 bits per heavy atom. The van der Waals surface area contributed by atoms with Gasteiger partial charge in [0.05, 0.1) is 37.0 Å². The number of hydrogen-bond acceptors (Lipinski definition) is 6. The number of nitrogens with zero attached hydrogens (tertiary/aromatic N) is 5. The minimum absolute atomic E-state index is 0.0630. The van der Waals surface area contributed by atoms with Crippen LogP contribution in [-0.2, 0) is 30.7 Å². The molecule has 0 aliphatic heterocycles. The highest BCUT2D eigenvalue weighted by atomic mass is 19.1. The third kappa shape index (κ3) is 6.25. The molecule has 0 fully saturated rings. The summed E-state index contributed by atoms with van der Waals surface area (Å²) in [4.78, 5) is 37.7. The number of aromatic nitrogens is 4. The van der Waals surface area contributed by atoms with Crippen LogP contribution in [0.15, 0.2) is 83.9 Å². The van der Waals surface area contributed by atoms with Crippen LogP contribution < -0.4 is 10.3 Å². The van der Waals surface area contributed by atoms with Gasteiger partial charge in [-0.05, 0) is 49.9 Å². The van der Waals surface area contributed by atoms with Crippen LogP contribution >= 0.6 is 0 Å². The zero-order chi connectivity index (χ0) is 28.9. The van der Waals surface area contributed by atoms with Crippen molar-refractivity contribution in [1.82, 2.24) is 23.8 Å². The van der Waals surface area contributed by atoms with E-state index in [2.05, 4.69) is 9.88 Å². The van der Waals surface area contributed by atoms with E-state index in [1.54, 1.807) is 52.7 Å². The highest BCUT2D eigenvalue weighted by Gasteiger charge is 2.22. The molecule has 8 nitrogen and oxygen atoms in total. The van der Waals surface area contributed by atoms with E-state index in [0.29, 0.717) is 52.7 Å². The number of likely N-dealkylation sites (N-methyl/N-ethyl adjacent to an activating group) is 1. The summed E-state index contributed by atoms with van der Waals surface area (Å²) in [5.41, 5.74) is 3.40. The van der Waals surface area contributed by atoms with Crippen LogP contribution in [0.5, 0.6) is 5.75 Å². The van der Waals surface area contributed by atoms with Crippen molar-refractivity contribution in [2.24, 2.45) is 0 Å². The molecule has 0 aliphatic carbocycles. The molecule has 0 saturated heterocycles. The van der Waals surface area contributed by atoms with Crippen molar-refractivity contribution in [3.63, 3.8) is 0 Å². The van der Waals surface area contributed by atoms with Gasteiger partial charge in [0, 0.05) is 43.2 Å². The van der Waals surface area contributed by atoms with Crippen LogP contribution in [-0.4, -0.2) is 50.3 Å². The number of fused-ring (bicyclic) bond motifs is 1. The Morgan fingerprint density at radius 1 is 1.07 bits per heavy atom. The zero-order valence-corrected chi connectivity index (χ0v) is 23.4. The first kappa shape index (κ1) is 27.9. The van der Waals surface area contributed by atoms with Gasteiger partial charge >= 0.3 is 0 Å². The Kier molecular flexibility index (Phi) is 8.35. The number of methoxy groups -OCH3 is 1. The number of rotatable bonds is 11. The molecular formula is C32H32FN5O3. The van der Waals surface area contributed by atoms with Gasteiger partial charge in [0.15, 0.2) is 0 Å². The fourth-order valence-corrected chi connectivity index (χ4v) is 4.92. The second-order valence-electron chi connectivity index (χ2n) is 10.1. The summed E-state index contributed by atoms with van der Waals surface area (Å²) in [5.74, 6) is 0.554. The molecule has 0 atom stereocenters. The highest BCUT2D eigenvalue weighted by Crippen LogP contribution is 2.24. The molecule has 0 unspecified atom stereocenters. The van der Waals surface area contributed by atoms with E-state index in [1.807, 2.05) is 43.4 Å². The largest absolute Gasteiger partial charge is 0.497 e. The van der Waals surface area contributed by atoms with Gasteiger partial charge in [0.1, 0.15) is 17.3 Å². The first-order valence-electron chi connectivity index (χ1n) is 13.4. The van der Waals surface area contributed by atoms with Gasteiger partial charge in [-0.25, -0.2) is 13.8 Å². The lowest BCUT2D eigenvalue weighted by Gasteiger charge is -2.18. The summed E-state index contributed by atoms with van der Waals surface area (Å²) in [6.45, 7) is 2.72. The number of Topliss-reactive ketones (excluding diaryl/α,β-unsaturated/α-hetero) is 1. The highest BCUT2D eigenvalue weighted by molar-refractivity contribution is 5.78. The molecule has 41 heavy (non-hydrogen) atoms. The van der Waals surface area contributed by atoms with Gasteiger partial charge in [-0.2, -0.15) is 0 Å². The minimum atomic E-state index is -0.350. The molecule has 3 aromatic heterocycles. The van der Waals surface area contributed by atoms with Crippen LogP contribution in [0, 0.1) is 5.82 Å². The number of ether oxygens (including phenoxy) is 1. The molecule has 3 heterocycles. The fourth-order valence-electron chi connectivity index (χ4n) is 4.92. The smallest absolute Gasteiger partial charge is 0.267 e. The van der Waals surface area contributed by atoms with E-state index in [1.165, 1.54) is 13.0 Å². The average Bonchev–Trinajstić information content (AvgIpc) is 3.32. The maximum absolute atomic E-state index is 14.8. The Balaban J connectivity index is 1.66. The maximum atomic E-state index is 14.8. The number of imidazole rings is 1. The van der Waals surface area contributed by atoms with Crippen molar-refractivity contribution in [1.29, 1.82) is 0 Å². The predicted octanol–water partition coefficient (Wildman–Crippen LogP) is 4.56. The molecule has 0 spiro atoms. The molecule has 2 aromatic carbocycles. The van der Waals surface area contributed by atoms with Crippen LogP contribution in [0.25, 0.3) is 16.9 Å². The molecule has 5 aromatic rings. The molecular weight excluding hydrogens is 521 g/mol. The molecule has 0 radical (unpaired) electrons. The summed E-state index contributed by atoms with van der Waals surface area (Å²) in [7, 11) is 3.53. The third-order valence-corrected chi connectivity index (χ3v) is 7.00. The van der Waals surface area contributed by atoms with E-state index in [4.69, 9.17) is 9.72 Å².